The standard InChI is InChI=1S/C14H18BrFN2O.ClH/c1-9(11-7-17-8-11)14(19)18-5-4-10-6-12(15)2-3-13(10)16;/h2-3,6,9,11,17H,4-5,7-8H2,1H3,(H,18,19);1H. The maximum absolute atomic E-state index is 13.5. The second-order valence-electron chi connectivity index (χ2n) is 4.98. The Morgan fingerprint density at radius 2 is 2.25 bits per heavy atom. The van der Waals surface area contributed by atoms with Gasteiger partial charge in [-0.1, -0.05) is 22.9 Å². The normalized spacial score (nSPS) is 15.9. The fourth-order valence-electron chi connectivity index (χ4n) is 2.09. The van der Waals surface area contributed by atoms with E-state index >= 15 is 0 Å². The Morgan fingerprint density at radius 1 is 1.55 bits per heavy atom. The molecule has 1 unspecified atom stereocenters. The van der Waals surface area contributed by atoms with E-state index in [1.807, 2.05) is 6.92 Å². The van der Waals surface area contributed by atoms with Gasteiger partial charge in [-0.2, -0.15) is 0 Å². The lowest BCUT2D eigenvalue weighted by Gasteiger charge is -2.31. The molecule has 1 aromatic rings. The van der Waals surface area contributed by atoms with E-state index in [-0.39, 0.29) is 30.0 Å². The number of hydrogen-bond donors (Lipinski definition) is 2. The predicted octanol–water partition coefficient (Wildman–Crippen LogP) is 2.52. The number of halogens is 3. The lowest BCUT2D eigenvalue weighted by Crippen LogP contribution is -2.49. The SMILES string of the molecule is CC(C(=O)NCCc1cc(Br)ccc1F)C1CNC1.Cl. The summed E-state index contributed by atoms with van der Waals surface area (Å²) in [6.07, 6.45) is 0.507. The first-order valence-electron chi connectivity index (χ1n) is 6.50. The van der Waals surface area contributed by atoms with E-state index in [2.05, 4.69) is 26.6 Å². The predicted molar refractivity (Wildman–Crippen MR) is 83.6 cm³/mol. The Hall–Kier alpha value is -0.650. The van der Waals surface area contributed by atoms with Crippen LogP contribution in [0, 0.1) is 17.7 Å². The topological polar surface area (TPSA) is 41.1 Å². The van der Waals surface area contributed by atoms with Gasteiger partial charge in [0.15, 0.2) is 0 Å². The number of hydrogen-bond acceptors (Lipinski definition) is 2. The van der Waals surface area contributed by atoms with Gasteiger partial charge >= 0.3 is 0 Å². The highest BCUT2D eigenvalue weighted by Gasteiger charge is 2.28. The Bertz CT molecular complexity index is 468. The third-order valence-corrected chi connectivity index (χ3v) is 4.13. The molecule has 20 heavy (non-hydrogen) atoms. The Balaban J connectivity index is 0.00000200. The molecule has 1 saturated heterocycles. The summed E-state index contributed by atoms with van der Waals surface area (Å²) in [5.41, 5.74) is 0.618. The molecule has 2 N–H and O–H groups in total. The average Bonchev–Trinajstić information content (AvgIpc) is 2.31. The molecule has 0 bridgehead atoms. The molecule has 2 rings (SSSR count). The van der Waals surface area contributed by atoms with Crippen molar-refractivity contribution in [3.8, 4) is 0 Å². The molecule has 3 nitrogen and oxygen atoms in total. The lowest BCUT2D eigenvalue weighted by atomic mass is 9.88. The molecule has 1 atom stereocenters. The van der Waals surface area contributed by atoms with Crippen molar-refractivity contribution in [2.24, 2.45) is 11.8 Å². The highest BCUT2D eigenvalue weighted by molar-refractivity contribution is 9.10. The maximum Gasteiger partial charge on any atom is 0.223 e. The molecular weight excluding hydrogens is 347 g/mol. The fraction of sp³-hybridized carbons (Fsp3) is 0.500. The number of nitrogens with one attached hydrogen (secondary N) is 2. The molecule has 112 valence electrons. The molecule has 0 aliphatic carbocycles. The molecule has 0 radical (unpaired) electrons. The largest absolute Gasteiger partial charge is 0.356 e. The van der Waals surface area contributed by atoms with Crippen molar-refractivity contribution >= 4 is 34.2 Å². The van der Waals surface area contributed by atoms with Gasteiger partial charge in [-0.3, -0.25) is 4.79 Å². The third kappa shape index (κ3) is 4.43. The van der Waals surface area contributed by atoms with Crippen molar-refractivity contribution in [2.45, 2.75) is 13.3 Å². The van der Waals surface area contributed by atoms with Crippen LogP contribution in [0.2, 0.25) is 0 Å². The molecule has 0 spiro atoms. The van der Waals surface area contributed by atoms with Gasteiger partial charge in [-0.15, -0.1) is 12.4 Å². The first-order chi connectivity index (χ1) is 9.08. The quantitative estimate of drug-likeness (QED) is 0.842. The molecule has 0 aromatic heterocycles. The summed E-state index contributed by atoms with van der Waals surface area (Å²) >= 11 is 3.32. The van der Waals surface area contributed by atoms with Gasteiger partial charge in [0.25, 0.3) is 0 Å². The molecular formula is C14H19BrClFN2O. The minimum absolute atomic E-state index is 0. The molecule has 1 aromatic carbocycles. The maximum atomic E-state index is 13.5. The van der Waals surface area contributed by atoms with Crippen molar-refractivity contribution in [2.75, 3.05) is 19.6 Å². The average molecular weight is 366 g/mol. The first-order valence-corrected chi connectivity index (χ1v) is 7.29. The zero-order valence-corrected chi connectivity index (χ0v) is 13.7. The van der Waals surface area contributed by atoms with E-state index in [1.165, 1.54) is 6.07 Å². The second-order valence-corrected chi connectivity index (χ2v) is 5.90. The van der Waals surface area contributed by atoms with Crippen molar-refractivity contribution in [1.29, 1.82) is 0 Å². The minimum Gasteiger partial charge on any atom is -0.356 e. The second kappa shape index (κ2) is 7.96. The molecule has 1 amide bonds. The van der Waals surface area contributed by atoms with Gasteiger partial charge in [0, 0.05) is 16.9 Å². The van der Waals surface area contributed by atoms with E-state index in [0.717, 1.165) is 17.6 Å². The molecule has 1 aliphatic heterocycles. The van der Waals surface area contributed by atoms with Crippen molar-refractivity contribution in [3.63, 3.8) is 0 Å². The Kier molecular flexibility index (Phi) is 6.92. The van der Waals surface area contributed by atoms with Crippen LogP contribution in [0.1, 0.15) is 12.5 Å². The van der Waals surface area contributed by atoms with Gasteiger partial charge in [-0.05, 0) is 49.2 Å². The van der Waals surface area contributed by atoms with Crippen LogP contribution >= 0.6 is 28.3 Å². The number of rotatable bonds is 5. The van der Waals surface area contributed by atoms with Crippen LogP contribution in [0.25, 0.3) is 0 Å². The summed E-state index contributed by atoms with van der Waals surface area (Å²) < 4.78 is 14.4. The summed E-state index contributed by atoms with van der Waals surface area (Å²) in [5.74, 6) is 0.284. The number of carbonyl (C=O) groups excluding carboxylic acids is 1. The summed E-state index contributed by atoms with van der Waals surface area (Å²) in [4.78, 5) is 11.9. The van der Waals surface area contributed by atoms with Gasteiger partial charge in [0.2, 0.25) is 5.91 Å². The van der Waals surface area contributed by atoms with Crippen molar-refractivity contribution < 1.29 is 9.18 Å². The Morgan fingerprint density at radius 3 is 2.85 bits per heavy atom. The number of benzene rings is 1. The number of amides is 1. The molecule has 1 heterocycles. The van der Waals surface area contributed by atoms with Gasteiger partial charge in [0.1, 0.15) is 5.82 Å². The van der Waals surface area contributed by atoms with Gasteiger partial charge in [0.05, 0.1) is 0 Å². The fourth-order valence-corrected chi connectivity index (χ4v) is 2.50. The highest BCUT2D eigenvalue weighted by atomic mass is 79.9. The molecule has 1 fully saturated rings. The summed E-state index contributed by atoms with van der Waals surface area (Å²) in [7, 11) is 0. The van der Waals surface area contributed by atoms with Crippen molar-refractivity contribution in [1.82, 2.24) is 10.6 Å². The zero-order chi connectivity index (χ0) is 13.8. The molecule has 6 heteroatoms. The minimum atomic E-state index is -0.228. The highest BCUT2D eigenvalue weighted by Crippen LogP contribution is 2.17. The van der Waals surface area contributed by atoms with Crippen LogP contribution in [0.3, 0.4) is 0 Å². The zero-order valence-electron chi connectivity index (χ0n) is 11.3. The summed E-state index contributed by atoms with van der Waals surface area (Å²) in [5, 5.41) is 6.04. The van der Waals surface area contributed by atoms with Crippen LogP contribution < -0.4 is 10.6 Å². The van der Waals surface area contributed by atoms with Crippen LogP contribution in [0.15, 0.2) is 22.7 Å². The lowest BCUT2D eigenvalue weighted by molar-refractivity contribution is -0.126. The van der Waals surface area contributed by atoms with E-state index in [1.54, 1.807) is 12.1 Å². The van der Waals surface area contributed by atoms with E-state index < -0.39 is 0 Å². The first kappa shape index (κ1) is 17.4. The van der Waals surface area contributed by atoms with Crippen LogP contribution in [0.4, 0.5) is 4.39 Å². The van der Waals surface area contributed by atoms with Crippen LogP contribution in [0.5, 0.6) is 0 Å². The smallest absolute Gasteiger partial charge is 0.223 e. The summed E-state index contributed by atoms with van der Waals surface area (Å²) in [6.45, 7) is 4.24. The molecule has 0 saturated carbocycles. The Labute approximate surface area is 133 Å². The third-order valence-electron chi connectivity index (χ3n) is 3.64. The monoisotopic (exact) mass is 364 g/mol. The molecule has 1 aliphatic rings. The van der Waals surface area contributed by atoms with Gasteiger partial charge < -0.3 is 10.6 Å². The van der Waals surface area contributed by atoms with Gasteiger partial charge in [-0.25, -0.2) is 4.39 Å². The summed E-state index contributed by atoms with van der Waals surface area (Å²) in [6, 6.07) is 4.85. The van der Waals surface area contributed by atoms with E-state index in [9.17, 15) is 9.18 Å². The van der Waals surface area contributed by atoms with E-state index in [0.29, 0.717) is 24.4 Å². The van der Waals surface area contributed by atoms with Crippen LogP contribution in [-0.4, -0.2) is 25.5 Å². The number of carbonyl (C=O) groups is 1. The van der Waals surface area contributed by atoms with Crippen molar-refractivity contribution in [3.05, 3.63) is 34.1 Å². The van der Waals surface area contributed by atoms with E-state index in [4.69, 9.17) is 0 Å². The van der Waals surface area contributed by atoms with Crippen LogP contribution in [-0.2, 0) is 11.2 Å².